The summed E-state index contributed by atoms with van der Waals surface area (Å²) in [5.74, 6) is 1.26. The van der Waals surface area contributed by atoms with Gasteiger partial charge in [0.1, 0.15) is 22.9 Å². The van der Waals surface area contributed by atoms with Gasteiger partial charge >= 0.3 is 0 Å². The average molecular weight is 447 g/mol. The summed E-state index contributed by atoms with van der Waals surface area (Å²) in [5, 5.41) is 7.26. The van der Waals surface area contributed by atoms with Crippen LogP contribution in [0.2, 0.25) is 0 Å². The molecular weight excluding hydrogens is 420 g/mol. The second-order valence-corrected chi connectivity index (χ2v) is 7.64. The van der Waals surface area contributed by atoms with Gasteiger partial charge < -0.3 is 15.0 Å². The number of hydrogen-bond acceptors (Lipinski definition) is 6. The molecule has 9 heteroatoms. The van der Waals surface area contributed by atoms with Gasteiger partial charge in [-0.2, -0.15) is 5.10 Å². The molecule has 0 aliphatic heterocycles. The molecule has 0 saturated carbocycles. The van der Waals surface area contributed by atoms with Crippen molar-refractivity contribution in [2.24, 2.45) is 7.05 Å². The number of nitrogens with one attached hydrogen (secondary N) is 2. The van der Waals surface area contributed by atoms with Gasteiger partial charge in [-0.1, -0.05) is 25.5 Å². The maximum Gasteiger partial charge on any atom is 0.277 e. The number of anilines is 1. The Morgan fingerprint density at radius 2 is 2.06 bits per heavy atom. The number of fused-ring (bicyclic) bond motifs is 1. The molecule has 4 rings (SSSR count). The fourth-order valence-corrected chi connectivity index (χ4v) is 3.74. The molecule has 0 bridgehead atoms. The summed E-state index contributed by atoms with van der Waals surface area (Å²) in [4.78, 5) is 37.1. The largest absolute Gasteiger partial charge is 0.493 e. The lowest BCUT2D eigenvalue weighted by molar-refractivity contribution is -0.115. The van der Waals surface area contributed by atoms with Crippen LogP contribution in [0.5, 0.6) is 5.75 Å². The Balaban J connectivity index is 1.73. The molecule has 0 spiro atoms. The monoisotopic (exact) mass is 446 g/mol. The van der Waals surface area contributed by atoms with E-state index in [0.717, 1.165) is 24.1 Å². The molecule has 0 unspecified atom stereocenters. The van der Waals surface area contributed by atoms with E-state index in [-0.39, 0.29) is 17.9 Å². The van der Waals surface area contributed by atoms with Crippen molar-refractivity contribution in [3.05, 3.63) is 64.2 Å². The molecule has 170 valence electrons. The number of carbonyl (C=O) groups is 1. The van der Waals surface area contributed by atoms with Crippen LogP contribution in [0, 0.1) is 0 Å². The first-order valence-corrected chi connectivity index (χ1v) is 10.9. The number of nitrogens with zero attached hydrogens (tertiary/aromatic N) is 4. The quantitative estimate of drug-likeness (QED) is 0.429. The first-order valence-electron chi connectivity index (χ1n) is 10.9. The highest BCUT2D eigenvalue weighted by molar-refractivity contribution is 5.91. The minimum Gasteiger partial charge on any atom is -0.493 e. The third-order valence-electron chi connectivity index (χ3n) is 5.15. The number of aromatic nitrogens is 5. The van der Waals surface area contributed by atoms with Crippen molar-refractivity contribution in [2.75, 3.05) is 11.9 Å². The van der Waals surface area contributed by atoms with Gasteiger partial charge in [-0.3, -0.25) is 14.3 Å². The molecule has 0 aliphatic carbocycles. The van der Waals surface area contributed by atoms with Gasteiger partial charge in [0.05, 0.1) is 24.3 Å². The number of ether oxygens (including phenoxy) is 1. The second-order valence-electron chi connectivity index (χ2n) is 7.64. The number of rotatable bonds is 8. The summed E-state index contributed by atoms with van der Waals surface area (Å²) in [7, 11) is 1.74. The number of carbonyl (C=O) groups excluding carboxylic acids is 1. The lowest BCUT2D eigenvalue weighted by atomic mass is 10.1. The SMILES string of the molecule is CCCc1nn(C)c2c(=O)[nH]c(-c3cc(CC(=O)Nc4ccccn4)ccc3OCC)nc12. The van der Waals surface area contributed by atoms with Crippen molar-refractivity contribution in [1.29, 1.82) is 0 Å². The highest BCUT2D eigenvalue weighted by Gasteiger charge is 2.18. The molecule has 0 saturated heterocycles. The van der Waals surface area contributed by atoms with E-state index in [1.807, 2.05) is 19.1 Å². The molecule has 0 atom stereocenters. The van der Waals surface area contributed by atoms with Crippen LogP contribution in [0.1, 0.15) is 31.5 Å². The Bertz CT molecular complexity index is 1340. The predicted octanol–water partition coefficient (Wildman–Crippen LogP) is 3.25. The minimum atomic E-state index is -0.270. The lowest BCUT2D eigenvalue weighted by Crippen LogP contribution is -2.15. The van der Waals surface area contributed by atoms with E-state index in [9.17, 15) is 9.59 Å². The van der Waals surface area contributed by atoms with E-state index in [1.165, 1.54) is 0 Å². The maximum absolute atomic E-state index is 12.9. The number of amides is 1. The standard InChI is InChI=1S/C24H26N6O3/c1-4-8-17-21-22(30(3)29-17)24(32)28-23(27-21)16-13-15(10-11-18(16)33-5-2)14-20(31)26-19-9-6-7-12-25-19/h6-7,9-13H,4-5,8,14H2,1-3H3,(H,25,26,31)(H,27,28,32). The van der Waals surface area contributed by atoms with Crippen LogP contribution in [0.4, 0.5) is 5.82 Å². The van der Waals surface area contributed by atoms with Gasteiger partial charge in [0.25, 0.3) is 5.56 Å². The summed E-state index contributed by atoms with van der Waals surface area (Å²) in [6, 6.07) is 10.8. The Kier molecular flexibility index (Phi) is 6.48. The number of pyridine rings is 1. The normalized spacial score (nSPS) is 11.0. The molecule has 1 amide bonds. The summed E-state index contributed by atoms with van der Waals surface area (Å²) < 4.78 is 7.36. The van der Waals surface area contributed by atoms with Crippen LogP contribution < -0.4 is 15.6 Å². The van der Waals surface area contributed by atoms with Gasteiger partial charge in [0.2, 0.25) is 5.91 Å². The molecule has 33 heavy (non-hydrogen) atoms. The average Bonchev–Trinajstić information content (AvgIpc) is 3.11. The summed E-state index contributed by atoms with van der Waals surface area (Å²) in [6.07, 6.45) is 3.37. The van der Waals surface area contributed by atoms with Gasteiger partial charge in [-0.05, 0) is 43.2 Å². The van der Waals surface area contributed by atoms with Gasteiger partial charge in [-0.15, -0.1) is 0 Å². The van der Waals surface area contributed by atoms with Crippen LogP contribution in [0.15, 0.2) is 47.4 Å². The van der Waals surface area contributed by atoms with E-state index in [1.54, 1.807) is 42.2 Å². The van der Waals surface area contributed by atoms with Gasteiger partial charge in [-0.25, -0.2) is 9.97 Å². The third-order valence-corrected chi connectivity index (χ3v) is 5.15. The Labute approximate surface area is 190 Å². The number of H-pyrrole nitrogens is 1. The van der Waals surface area contributed by atoms with Gasteiger partial charge in [0, 0.05) is 13.2 Å². The summed E-state index contributed by atoms with van der Waals surface area (Å²) >= 11 is 0. The molecule has 1 aromatic carbocycles. The van der Waals surface area contributed by atoms with E-state index in [2.05, 4.69) is 27.3 Å². The van der Waals surface area contributed by atoms with Crippen LogP contribution in [-0.4, -0.2) is 37.2 Å². The van der Waals surface area contributed by atoms with E-state index in [0.29, 0.717) is 40.6 Å². The molecule has 3 heterocycles. The Morgan fingerprint density at radius 1 is 1.21 bits per heavy atom. The molecule has 0 radical (unpaired) electrons. The molecule has 9 nitrogen and oxygen atoms in total. The third kappa shape index (κ3) is 4.77. The smallest absolute Gasteiger partial charge is 0.277 e. The molecule has 0 fully saturated rings. The number of aryl methyl sites for hydroxylation is 2. The topological polar surface area (TPSA) is 115 Å². The summed E-state index contributed by atoms with van der Waals surface area (Å²) in [6.45, 7) is 4.39. The fourth-order valence-electron chi connectivity index (χ4n) is 3.74. The van der Waals surface area contributed by atoms with Crippen molar-refractivity contribution in [1.82, 2.24) is 24.7 Å². The van der Waals surface area contributed by atoms with Crippen LogP contribution in [0.3, 0.4) is 0 Å². The molecule has 3 aromatic heterocycles. The first kappa shape index (κ1) is 22.2. The molecule has 0 aliphatic rings. The lowest BCUT2D eigenvalue weighted by Gasteiger charge is -2.12. The van der Waals surface area contributed by atoms with E-state index in [4.69, 9.17) is 9.72 Å². The number of hydrogen-bond donors (Lipinski definition) is 2. The fraction of sp³-hybridized carbons (Fsp3) is 0.292. The van der Waals surface area contributed by atoms with Crippen LogP contribution in [-0.2, 0) is 24.7 Å². The van der Waals surface area contributed by atoms with Crippen molar-refractivity contribution in [2.45, 2.75) is 33.1 Å². The molecule has 2 N–H and O–H groups in total. The Hall–Kier alpha value is -4.01. The minimum absolute atomic E-state index is 0.135. The van der Waals surface area contributed by atoms with Crippen LogP contribution >= 0.6 is 0 Å². The van der Waals surface area contributed by atoms with Crippen molar-refractivity contribution >= 4 is 22.8 Å². The van der Waals surface area contributed by atoms with Crippen molar-refractivity contribution in [3.63, 3.8) is 0 Å². The molecule has 4 aromatic rings. The highest BCUT2D eigenvalue weighted by Crippen LogP contribution is 2.30. The van der Waals surface area contributed by atoms with Gasteiger partial charge in [0.15, 0.2) is 5.52 Å². The predicted molar refractivity (Wildman–Crippen MR) is 126 cm³/mol. The van der Waals surface area contributed by atoms with Crippen LogP contribution in [0.25, 0.3) is 22.4 Å². The van der Waals surface area contributed by atoms with E-state index >= 15 is 0 Å². The highest BCUT2D eigenvalue weighted by atomic mass is 16.5. The first-order chi connectivity index (χ1) is 16.0. The van der Waals surface area contributed by atoms with E-state index < -0.39 is 0 Å². The zero-order valence-corrected chi connectivity index (χ0v) is 18.9. The second kappa shape index (κ2) is 9.64. The zero-order chi connectivity index (χ0) is 23.4. The Morgan fingerprint density at radius 3 is 2.79 bits per heavy atom. The van der Waals surface area contributed by atoms with Crippen molar-refractivity contribution < 1.29 is 9.53 Å². The molecular formula is C24H26N6O3. The maximum atomic E-state index is 12.9. The number of aromatic amines is 1. The summed E-state index contributed by atoms with van der Waals surface area (Å²) in [5.41, 5.74) is 2.90. The van der Waals surface area contributed by atoms with Crippen molar-refractivity contribution in [3.8, 4) is 17.1 Å². The zero-order valence-electron chi connectivity index (χ0n) is 18.9. The number of benzene rings is 1.